The maximum Gasteiger partial charge on any atom is 0.737 e. The van der Waals surface area contributed by atoms with Gasteiger partial charge in [-0.15, -0.1) is 0 Å². The second-order valence-electron chi connectivity index (χ2n) is 7.27. The van der Waals surface area contributed by atoms with Gasteiger partial charge in [-0.25, -0.2) is 0 Å². The van der Waals surface area contributed by atoms with Crippen LogP contribution in [0.4, 0.5) is 21.8 Å². The van der Waals surface area contributed by atoms with Gasteiger partial charge in [0.05, 0.1) is 5.57 Å². The summed E-state index contributed by atoms with van der Waals surface area (Å²) in [5, 5.41) is 0. The molecule has 0 N–H and O–H groups in total. The number of hydrogen-bond acceptors (Lipinski definition) is 1. The van der Waals surface area contributed by atoms with Crippen molar-refractivity contribution in [1.29, 1.82) is 0 Å². The average Bonchev–Trinajstić information content (AvgIpc) is 3.05. The largest absolute Gasteiger partial charge is 0.737 e. The number of hydrogen-bond donors (Lipinski definition) is 0. The minimum Gasteiger partial charge on any atom is -0.393 e. The van der Waals surface area contributed by atoms with Gasteiger partial charge in [-0.2, -0.15) is 13.2 Å². The Hall–Kier alpha value is -2.71. The van der Waals surface area contributed by atoms with Gasteiger partial charge in [-0.05, 0) is 44.2 Å². The van der Waals surface area contributed by atoms with Gasteiger partial charge < -0.3 is 17.6 Å². The van der Waals surface area contributed by atoms with Crippen LogP contribution in [0, 0.1) is 13.8 Å². The molecule has 2 aliphatic heterocycles. The normalized spacial score (nSPS) is 18.4. The maximum absolute atomic E-state index is 15.5. The SMILES string of the molecule is CC1=CC(C)=[N+]2C1=C(c1ccc(C(F)(F)F)nc1)c1c(C)cc(C)n1[B-]2(F)F. The first kappa shape index (κ1) is 18.6. The third-order valence-electron chi connectivity index (χ3n) is 5.28. The Labute approximate surface area is 158 Å². The van der Waals surface area contributed by atoms with Crippen LogP contribution in [0.1, 0.15) is 42.1 Å². The maximum atomic E-state index is 15.5. The number of pyridine rings is 1. The summed E-state index contributed by atoms with van der Waals surface area (Å²) in [5.74, 6) is 0. The number of halogens is 5. The molecule has 0 saturated carbocycles. The van der Waals surface area contributed by atoms with E-state index < -0.39 is 18.8 Å². The van der Waals surface area contributed by atoms with Crippen molar-refractivity contribution in [2.45, 2.75) is 33.9 Å². The number of aromatic nitrogens is 2. The molecule has 4 rings (SSSR count). The third-order valence-corrected chi connectivity index (χ3v) is 5.28. The molecule has 0 aliphatic carbocycles. The Balaban J connectivity index is 2.06. The molecule has 9 heteroatoms. The predicted molar refractivity (Wildman–Crippen MR) is 97.2 cm³/mol. The summed E-state index contributed by atoms with van der Waals surface area (Å²) in [6.07, 6.45) is -1.79. The van der Waals surface area contributed by atoms with Crippen molar-refractivity contribution < 1.29 is 26.3 Å². The zero-order valence-corrected chi connectivity index (χ0v) is 15.7. The molecule has 0 aromatic carbocycles. The van der Waals surface area contributed by atoms with Crippen molar-refractivity contribution in [2.24, 2.45) is 0 Å². The van der Waals surface area contributed by atoms with Crippen LogP contribution in [-0.2, 0) is 6.18 Å². The number of rotatable bonds is 1. The highest BCUT2D eigenvalue weighted by atomic mass is 19.4. The van der Waals surface area contributed by atoms with Gasteiger partial charge in [0.1, 0.15) is 11.4 Å². The lowest BCUT2D eigenvalue weighted by Crippen LogP contribution is -2.51. The van der Waals surface area contributed by atoms with Gasteiger partial charge in [0, 0.05) is 36.0 Å². The second-order valence-corrected chi connectivity index (χ2v) is 7.27. The first-order valence-electron chi connectivity index (χ1n) is 8.75. The van der Waals surface area contributed by atoms with E-state index in [1.807, 2.05) is 0 Å². The topological polar surface area (TPSA) is 20.8 Å². The Kier molecular flexibility index (Phi) is 3.76. The van der Waals surface area contributed by atoms with Gasteiger partial charge in [0.25, 0.3) is 0 Å². The summed E-state index contributed by atoms with van der Waals surface area (Å²) in [5.41, 5.74) is 2.51. The molecular formula is C19H17BF5N3. The van der Waals surface area contributed by atoms with Gasteiger partial charge in [-0.3, -0.25) is 4.98 Å². The molecule has 0 atom stereocenters. The fourth-order valence-corrected chi connectivity index (χ4v) is 4.28. The molecule has 0 spiro atoms. The first-order chi connectivity index (χ1) is 12.9. The van der Waals surface area contributed by atoms with Gasteiger partial charge >= 0.3 is 13.1 Å². The molecule has 2 aromatic heterocycles. The van der Waals surface area contributed by atoms with Crippen LogP contribution in [0.3, 0.4) is 0 Å². The summed E-state index contributed by atoms with van der Waals surface area (Å²) >= 11 is 0. The second kappa shape index (κ2) is 5.65. The van der Waals surface area contributed by atoms with Crippen LogP contribution in [0.25, 0.3) is 5.57 Å². The van der Waals surface area contributed by atoms with E-state index in [1.165, 1.54) is 6.07 Å². The van der Waals surface area contributed by atoms with E-state index in [0.29, 0.717) is 45.1 Å². The zero-order valence-electron chi connectivity index (χ0n) is 15.7. The first-order valence-corrected chi connectivity index (χ1v) is 8.75. The number of fused-ring (bicyclic) bond motifs is 2. The van der Waals surface area contributed by atoms with Gasteiger partial charge in [0.2, 0.25) is 0 Å². The highest BCUT2D eigenvalue weighted by Crippen LogP contribution is 2.44. The van der Waals surface area contributed by atoms with Gasteiger partial charge in [-0.1, -0.05) is 6.07 Å². The zero-order chi connectivity index (χ0) is 20.6. The summed E-state index contributed by atoms with van der Waals surface area (Å²) < 4.78 is 71.6. The monoisotopic (exact) mass is 393 g/mol. The molecule has 0 radical (unpaired) electrons. The van der Waals surface area contributed by atoms with E-state index in [4.69, 9.17) is 0 Å². The van der Waals surface area contributed by atoms with E-state index in [-0.39, 0.29) is 0 Å². The standard InChI is InChI=1S/C19H17BF5N3/c1-10-7-12(3)27-17(10)16(14-5-6-15(26-9-14)19(21,22)23)18-11(2)8-13(4)28(18)20(27,24)25/h5-9H,1-4H3. The molecule has 28 heavy (non-hydrogen) atoms. The van der Waals surface area contributed by atoms with Crippen LogP contribution < -0.4 is 0 Å². The molecule has 0 saturated heterocycles. The molecule has 2 aliphatic rings. The molecular weight excluding hydrogens is 376 g/mol. The summed E-state index contributed by atoms with van der Waals surface area (Å²) in [6.45, 7) is 2.54. The predicted octanol–water partition coefficient (Wildman–Crippen LogP) is 4.95. The number of aryl methyl sites for hydroxylation is 2. The number of allylic oxidation sites excluding steroid dienone is 2. The Bertz CT molecular complexity index is 1100. The van der Waals surface area contributed by atoms with E-state index in [9.17, 15) is 13.2 Å². The summed E-state index contributed by atoms with van der Waals surface area (Å²) in [6, 6.07) is 3.84. The van der Waals surface area contributed by atoms with Crippen molar-refractivity contribution in [1.82, 2.24) is 9.46 Å². The summed E-state index contributed by atoms with van der Waals surface area (Å²) in [4.78, 5) is 3.53. The molecule has 0 bridgehead atoms. The molecule has 0 unspecified atom stereocenters. The Morgan fingerprint density at radius 3 is 2.32 bits per heavy atom. The lowest BCUT2D eigenvalue weighted by Gasteiger charge is -2.34. The van der Waals surface area contributed by atoms with Crippen molar-refractivity contribution >= 4 is 18.3 Å². The molecule has 146 valence electrons. The fraction of sp³-hybridized carbons (Fsp3) is 0.263. The van der Waals surface area contributed by atoms with Crippen molar-refractivity contribution in [3.8, 4) is 0 Å². The molecule has 2 aromatic rings. The van der Waals surface area contributed by atoms with Crippen LogP contribution in [0.5, 0.6) is 0 Å². The minimum atomic E-state index is -4.56. The number of alkyl halides is 3. The van der Waals surface area contributed by atoms with Crippen LogP contribution >= 0.6 is 0 Å². The number of nitrogens with zero attached hydrogens (tertiary/aromatic N) is 3. The lowest BCUT2D eigenvalue weighted by atomic mass is 9.84. The van der Waals surface area contributed by atoms with E-state index in [0.717, 1.165) is 21.2 Å². The smallest absolute Gasteiger partial charge is 0.393 e. The highest BCUT2D eigenvalue weighted by molar-refractivity contribution is 6.58. The molecule has 0 fully saturated rings. The third kappa shape index (κ3) is 2.41. The minimum absolute atomic E-state index is 0.317. The van der Waals surface area contributed by atoms with Crippen molar-refractivity contribution in [3.05, 3.63) is 70.0 Å². The van der Waals surface area contributed by atoms with Crippen molar-refractivity contribution in [3.63, 3.8) is 0 Å². The van der Waals surface area contributed by atoms with E-state index >= 15 is 8.63 Å². The molecule has 3 nitrogen and oxygen atoms in total. The van der Waals surface area contributed by atoms with Crippen molar-refractivity contribution in [2.75, 3.05) is 0 Å². The fourth-order valence-electron chi connectivity index (χ4n) is 4.28. The van der Waals surface area contributed by atoms with Gasteiger partial charge in [0.15, 0.2) is 5.70 Å². The average molecular weight is 393 g/mol. The Morgan fingerprint density at radius 1 is 1.07 bits per heavy atom. The lowest BCUT2D eigenvalue weighted by molar-refractivity contribution is -0.363. The van der Waals surface area contributed by atoms with Crippen LogP contribution in [0.2, 0.25) is 0 Å². The van der Waals surface area contributed by atoms with Crippen LogP contribution in [-0.4, -0.2) is 26.6 Å². The molecule has 4 heterocycles. The van der Waals surface area contributed by atoms with E-state index in [2.05, 4.69) is 4.98 Å². The van der Waals surface area contributed by atoms with Crippen LogP contribution in [0.15, 0.2) is 41.7 Å². The Morgan fingerprint density at radius 2 is 1.75 bits per heavy atom. The highest BCUT2D eigenvalue weighted by Gasteiger charge is 2.55. The van der Waals surface area contributed by atoms with E-state index in [1.54, 1.807) is 39.8 Å². The molecule has 0 amide bonds. The summed E-state index contributed by atoms with van der Waals surface area (Å²) in [7, 11) is 0. The quantitative estimate of drug-likeness (QED) is 0.496.